The first-order chi connectivity index (χ1) is 15.0. The van der Waals surface area contributed by atoms with E-state index in [0.29, 0.717) is 35.6 Å². The molecule has 1 saturated heterocycles. The molecule has 1 saturated carbocycles. The number of nitrogens with zero attached hydrogens (tertiary/aromatic N) is 4. The highest BCUT2D eigenvalue weighted by atomic mass is 32.2. The van der Waals surface area contributed by atoms with Gasteiger partial charge in [-0.15, -0.1) is 11.8 Å². The molecule has 4 heterocycles. The summed E-state index contributed by atoms with van der Waals surface area (Å²) in [6.07, 6.45) is 9.10. The van der Waals surface area contributed by atoms with Gasteiger partial charge in [0, 0.05) is 37.4 Å². The number of aromatic nitrogens is 3. The van der Waals surface area contributed by atoms with Crippen LogP contribution in [0, 0.1) is 5.92 Å². The predicted molar refractivity (Wildman–Crippen MR) is 126 cm³/mol. The van der Waals surface area contributed by atoms with Gasteiger partial charge in [0.15, 0.2) is 7.57 Å². The molecule has 9 heteroatoms. The van der Waals surface area contributed by atoms with Gasteiger partial charge >= 0.3 is 11.6 Å². The Hall–Kier alpha value is -1.53. The van der Waals surface area contributed by atoms with Gasteiger partial charge in [-0.1, -0.05) is 19.8 Å². The second kappa shape index (κ2) is 8.44. The molecule has 31 heavy (non-hydrogen) atoms. The highest BCUT2D eigenvalue weighted by molar-refractivity contribution is 8.00. The van der Waals surface area contributed by atoms with Crippen LogP contribution in [0.5, 0.6) is 0 Å². The molecule has 2 fully saturated rings. The Kier molecular flexibility index (Phi) is 5.80. The van der Waals surface area contributed by atoms with Crippen molar-refractivity contribution in [2.45, 2.75) is 63.5 Å². The standard InChI is InChI=1S/C22H29BN4O2PS/c1-14-15(2)27-19(22(28)29-30(3)23)16(12-31-21(14)27)11-25-10-6-9-18-20(25)24-13-26(18)17-7-4-5-8-17/h6,9-10,13-15,17,21H,4-5,7-8,11-12H2,1-3H3/q+1. The van der Waals surface area contributed by atoms with Gasteiger partial charge in [0.1, 0.15) is 17.8 Å². The van der Waals surface area contributed by atoms with Crippen molar-refractivity contribution < 1.29 is 13.9 Å². The minimum atomic E-state index is -1.25. The van der Waals surface area contributed by atoms with Gasteiger partial charge in [-0.2, -0.15) is 0 Å². The number of carbonyl (C=O) groups is 1. The molecule has 4 atom stereocenters. The maximum Gasteiger partial charge on any atom is 0.356 e. The maximum absolute atomic E-state index is 13.1. The van der Waals surface area contributed by atoms with Gasteiger partial charge in [-0.05, 0) is 43.5 Å². The summed E-state index contributed by atoms with van der Waals surface area (Å²) in [7, 11) is 4.60. The van der Waals surface area contributed by atoms with Gasteiger partial charge < -0.3 is 14.0 Å². The van der Waals surface area contributed by atoms with E-state index in [-0.39, 0.29) is 5.97 Å². The zero-order valence-corrected chi connectivity index (χ0v) is 20.1. The molecule has 0 aromatic carbocycles. The predicted octanol–water partition coefficient (Wildman–Crippen LogP) is 3.76. The number of pyridine rings is 1. The van der Waals surface area contributed by atoms with Gasteiger partial charge in [-0.25, -0.2) is 9.36 Å². The summed E-state index contributed by atoms with van der Waals surface area (Å²) in [5.74, 6) is 1.09. The fourth-order valence-corrected chi connectivity index (χ4v) is 7.21. The van der Waals surface area contributed by atoms with Crippen molar-refractivity contribution in [1.82, 2.24) is 14.5 Å². The van der Waals surface area contributed by atoms with Crippen LogP contribution in [0.1, 0.15) is 45.6 Å². The Labute approximate surface area is 190 Å². The second-order valence-electron chi connectivity index (χ2n) is 9.02. The fraction of sp³-hybridized carbons (Fsp3) is 0.591. The Balaban J connectivity index is 1.51. The van der Waals surface area contributed by atoms with Crippen LogP contribution in [0.15, 0.2) is 35.9 Å². The summed E-state index contributed by atoms with van der Waals surface area (Å²) in [6, 6.07) is 5.11. The van der Waals surface area contributed by atoms with Crippen LogP contribution in [-0.2, 0) is 15.9 Å². The molecular formula is C22H29BN4O2PS+. The van der Waals surface area contributed by atoms with Crippen molar-refractivity contribution in [3.63, 3.8) is 0 Å². The van der Waals surface area contributed by atoms with E-state index in [4.69, 9.17) is 17.1 Å². The number of carbonyl (C=O) groups excluding carboxylic acids is 1. The van der Waals surface area contributed by atoms with Gasteiger partial charge in [0.05, 0.1) is 11.6 Å². The number of thioether (sulfide) groups is 1. The normalized spacial score (nSPS) is 27.3. The number of hydrogen-bond acceptors (Lipinski definition) is 5. The monoisotopic (exact) mass is 455 g/mol. The molecule has 0 N–H and O–H groups in total. The minimum Gasteiger partial charge on any atom is -0.452 e. The van der Waals surface area contributed by atoms with Crippen LogP contribution < -0.4 is 4.57 Å². The van der Waals surface area contributed by atoms with E-state index in [2.05, 4.69) is 46.2 Å². The van der Waals surface area contributed by atoms with Gasteiger partial charge in [0.2, 0.25) is 6.33 Å². The van der Waals surface area contributed by atoms with Crippen LogP contribution >= 0.6 is 19.8 Å². The van der Waals surface area contributed by atoms with Crippen molar-refractivity contribution in [3.05, 3.63) is 35.9 Å². The summed E-state index contributed by atoms with van der Waals surface area (Å²) in [5, 5.41) is 0.338. The summed E-state index contributed by atoms with van der Waals surface area (Å²) < 4.78 is 10.0. The highest BCUT2D eigenvalue weighted by Gasteiger charge is 2.49. The van der Waals surface area contributed by atoms with Gasteiger partial charge in [-0.3, -0.25) is 0 Å². The molecule has 6 nitrogen and oxygen atoms in total. The minimum absolute atomic E-state index is 0.278. The lowest BCUT2D eigenvalue weighted by molar-refractivity contribution is -0.664. The van der Waals surface area contributed by atoms with E-state index in [9.17, 15) is 4.79 Å². The van der Waals surface area contributed by atoms with E-state index < -0.39 is 8.03 Å². The number of rotatable bonds is 5. The average molecular weight is 455 g/mol. The molecule has 2 aliphatic heterocycles. The van der Waals surface area contributed by atoms with E-state index in [1.807, 2.05) is 18.1 Å². The molecule has 2 aromatic heterocycles. The first-order valence-electron chi connectivity index (χ1n) is 11.1. The molecule has 0 bridgehead atoms. The molecule has 5 rings (SSSR count). The Morgan fingerprint density at radius 2 is 2.16 bits per heavy atom. The zero-order chi connectivity index (χ0) is 21.7. The van der Waals surface area contributed by atoms with Crippen LogP contribution in [0.25, 0.3) is 11.2 Å². The molecule has 0 spiro atoms. The highest BCUT2D eigenvalue weighted by Crippen LogP contribution is 2.47. The van der Waals surface area contributed by atoms with E-state index in [1.165, 1.54) is 31.2 Å². The van der Waals surface area contributed by atoms with Crippen LogP contribution in [0.4, 0.5) is 0 Å². The molecule has 0 amide bonds. The molecule has 162 valence electrons. The number of imidazole rings is 1. The molecule has 2 aromatic rings. The third kappa shape index (κ3) is 3.70. The van der Waals surface area contributed by atoms with E-state index in [1.54, 1.807) is 6.66 Å². The smallest absolute Gasteiger partial charge is 0.356 e. The first kappa shape index (κ1) is 21.3. The van der Waals surface area contributed by atoms with Crippen molar-refractivity contribution in [1.29, 1.82) is 0 Å². The second-order valence-corrected chi connectivity index (χ2v) is 11.4. The van der Waals surface area contributed by atoms with Crippen molar-refractivity contribution in [2.75, 3.05) is 12.4 Å². The fourth-order valence-electron chi connectivity index (χ4n) is 5.28. The molecular weight excluding hydrogens is 426 g/mol. The lowest BCUT2D eigenvalue weighted by Gasteiger charge is -2.56. The first-order valence-corrected chi connectivity index (χ1v) is 14.0. The summed E-state index contributed by atoms with van der Waals surface area (Å²) >= 11 is 1.92. The third-order valence-electron chi connectivity index (χ3n) is 7.05. The van der Waals surface area contributed by atoms with E-state index >= 15 is 0 Å². The molecule has 4 unspecified atom stereocenters. The summed E-state index contributed by atoms with van der Waals surface area (Å²) in [4.78, 5) is 20.1. The van der Waals surface area contributed by atoms with Crippen molar-refractivity contribution in [2.24, 2.45) is 5.92 Å². The summed E-state index contributed by atoms with van der Waals surface area (Å²) in [6.45, 7) is 6.84. The number of fused-ring (bicyclic) bond motifs is 2. The SMILES string of the molecule is [B]P(C)OC(=O)C1=C(C[n+]2cccc3c2ncn3C2CCCC2)CSC2C(C)C(C)N12. The largest absolute Gasteiger partial charge is 0.452 e. The van der Waals surface area contributed by atoms with Crippen molar-refractivity contribution >= 4 is 44.5 Å². The van der Waals surface area contributed by atoms with E-state index in [0.717, 1.165) is 17.0 Å². The zero-order valence-electron chi connectivity index (χ0n) is 18.4. The third-order valence-corrected chi connectivity index (χ3v) is 9.02. The molecule has 3 aliphatic rings. The Morgan fingerprint density at radius 3 is 2.90 bits per heavy atom. The molecule has 2 radical (unpaired) electrons. The Morgan fingerprint density at radius 1 is 1.39 bits per heavy atom. The quantitative estimate of drug-likeness (QED) is 0.391. The average Bonchev–Trinajstić information content (AvgIpc) is 3.42. The molecule has 1 aliphatic carbocycles. The lowest BCUT2D eigenvalue weighted by atomic mass is 9.89. The van der Waals surface area contributed by atoms with Crippen LogP contribution in [0.2, 0.25) is 0 Å². The maximum atomic E-state index is 13.1. The summed E-state index contributed by atoms with van der Waals surface area (Å²) in [5.41, 5.74) is 3.96. The Bertz CT molecular complexity index is 1040. The topological polar surface area (TPSA) is 51.2 Å². The lowest BCUT2D eigenvalue weighted by Crippen LogP contribution is -2.62. The van der Waals surface area contributed by atoms with Gasteiger partial charge in [0.25, 0.3) is 0 Å². The van der Waals surface area contributed by atoms with Crippen LogP contribution in [-0.4, -0.2) is 51.8 Å². The van der Waals surface area contributed by atoms with Crippen molar-refractivity contribution in [3.8, 4) is 0 Å². The van der Waals surface area contributed by atoms with Crippen LogP contribution in [0.3, 0.4) is 0 Å². The number of hydrogen-bond donors (Lipinski definition) is 0.